The maximum absolute atomic E-state index is 3.23. The van der Waals surface area contributed by atoms with Crippen LogP contribution in [0.2, 0.25) is 0 Å². The van der Waals surface area contributed by atoms with Gasteiger partial charge in [0.25, 0.3) is 0 Å². The van der Waals surface area contributed by atoms with E-state index in [2.05, 4.69) is 18.5 Å². The average molecular weight is 149 g/mol. The number of hydrogen-bond acceptors (Lipinski definition) is 2. The molecule has 9 heavy (non-hydrogen) atoms. The van der Waals surface area contributed by atoms with E-state index in [0.29, 0.717) is 0 Å². The molecule has 0 aromatic heterocycles. The monoisotopic (exact) mass is 149 g/mol. The van der Waals surface area contributed by atoms with Gasteiger partial charge >= 0.3 is 0 Å². The average Bonchev–Trinajstić information content (AvgIpc) is 1.94. The third-order valence-corrected chi connectivity index (χ3v) is 1.35. The second kappa shape index (κ2) is 15.7. The highest BCUT2D eigenvalue weighted by atomic mass is 32.2. The van der Waals surface area contributed by atoms with Crippen molar-refractivity contribution in [3.05, 3.63) is 0 Å². The van der Waals surface area contributed by atoms with E-state index in [0.717, 1.165) is 13.1 Å². The Morgan fingerprint density at radius 2 is 1.89 bits per heavy atom. The summed E-state index contributed by atoms with van der Waals surface area (Å²) < 4.78 is 0. The predicted molar refractivity (Wildman–Crippen MR) is 48.3 cm³/mol. The summed E-state index contributed by atoms with van der Waals surface area (Å²) in [5, 5.41) is 3.23. The van der Waals surface area contributed by atoms with E-state index in [1.807, 2.05) is 25.6 Å². The van der Waals surface area contributed by atoms with Gasteiger partial charge in [0, 0.05) is 12.3 Å². The summed E-state index contributed by atoms with van der Waals surface area (Å²) >= 11 is 1.88. The first-order valence-corrected chi connectivity index (χ1v) is 5.00. The zero-order valence-corrected chi connectivity index (χ0v) is 7.85. The Morgan fingerprint density at radius 1 is 1.33 bits per heavy atom. The fourth-order valence-electron chi connectivity index (χ4n) is 0.351. The van der Waals surface area contributed by atoms with Gasteiger partial charge < -0.3 is 5.32 Å². The first kappa shape index (κ1) is 12.0. The van der Waals surface area contributed by atoms with Gasteiger partial charge in [-0.3, -0.25) is 0 Å². The number of rotatable bonds is 4. The molecule has 0 amide bonds. The summed E-state index contributed by atoms with van der Waals surface area (Å²) in [4.78, 5) is 0. The highest BCUT2D eigenvalue weighted by Crippen LogP contribution is 1.85. The summed E-state index contributed by atoms with van der Waals surface area (Å²) in [5.74, 6) is 1.23. The van der Waals surface area contributed by atoms with E-state index in [1.54, 1.807) is 0 Å². The van der Waals surface area contributed by atoms with E-state index in [9.17, 15) is 0 Å². The predicted octanol–water partition coefficient (Wildman–Crippen LogP) is 1.99. The Morgan fingerprint density at radius 3 is 2.22 bits per heavy atom. The van der Waals surface area contributed by atoms with E-state index in [4.69, 9.17) is 0 Å². The van der Waals surface area contributed by atoms with Crippen molar-refractivity contribution < 1.29 is 0 Å². The van der Waals surface area contributed by atoms with Crippen LogP contribution in [0.4, 0.5) is 0 Å². The molecule has 0 heterocycles. The van der Waals surface area contributed by atoms with Crippen LogP contribution in [-0.4, -0.2) is 25.1 Å². The first-order valence-electron chi connectivity index (χ1n) is 3.61. The quantitative estimate of drug-likeness (QED) is 0.613. The molecule has 0 saturated heterocycles. The van der Waals surface area contributed by atoms with Crippen LogP contribution in [-0.2, 0) is 0 Å². The van der Waals surface area contributed by atoms with Gasteiger partial charge in [-0.25, -0.2) is 0 Å². The minimum atomic E-state index is 1.10. The van der Waals surface area contributed by atoms with Gasteiger partial charge in [0.1, 0.15) is 0 Å². The van der Waals surface area contributed by atoms with Crippen LogP contribution >= 0.6 is 11.8 Å². The minimum absolute atomic E-state index is 1.10. The normalized spacial score (nSPS) is 8.00. The zero-order valence-electron chi connectivity index (χ0n) is 7.03. The Balaban J connectivity index is 0. The molecule has 0 saturated carbocycles. The molecule has 0 unspecified atom stereocenters. The molecule has 0 rings (SSSR count). The highest BCUT2D eigenvalue weighted by molar-refractivity contribution is 7.98. The number of hydrogen-bond donors (Lipinski definition) is 1. The lowest BCUT2D eigenvalue weighted by Gasteiger charge is -1.94. The molecule has 0 aromatic rings. The number of nitrogens with one attached hydrogen (secondary N) is 1. The van der Waals surface area contributed by atoms with Crippen molar-refractivity contribution >= 4 is 11.8 Å². The van der Waals surface area contributed by atoms with Gasteiger partial charge in [-0.1, -0.05) is 20.8 Å². The standard InChI is InChI=1S/C5H13NS.C2H6/c1-3-6-4-5-7-2;1-2/h6H,3-5H2,1-2H3;1-2H3. The third kappa shape index (κ3) is 17.8. The highest BCUT2D eigenvalue weighted by Gasteiger charge is 1.77. The summed E-state index contributed by atoms with van der Waals surface area (Å²) in [5.41, 5.74) is 0. The minimum Gasteiger partial charge on any atom is -0.316 e. The lowest BCUT2D eigenvalue weighted by molar-refractivity contribution is 0.769. The van der Waals surface area contributed by atoms with Gasteiger partial charge in [-0.2, -0.15) is 11.8 Å². The van der Waals surface area contributed by atoms with E-state index in [-0.39, 0.29) is 0 Å². The SMILES string of the molecule is CC.CCNCCSC. The van der Waals surface area contributed by atoms with Crippen molar-refractivity contribution in [2.24, 2.45) is 0 Å². The van der Waals surface area contributed by atoms with Crippen LogP contribution in [0.25, 0.3) is 0 Å². The summed E-state index contributed by atoms with van der Waals surface area (Å²) in [6.07, 6.45) is 2.12. The molecule has 0 fully saturated rings. The molecule has 0 atom stereocenters. The molecule has 1 N–H and O–H groups in total. The molecule has 0 spiro atoms. The van der Waals surface area contributed by atoms with Gasteiger partial charge in [0.15, 0.2) is 0 Å². The van der Waals surface area contributed by atoms with Gasteiger partial charge in [-0.15, -0.1) is 0 Å². The van der Waals surface area contributed by atoms with E-state index >= 15 is 0 Å². The molecule has 2 heteroatoms. The molecular formula is C7H19NS. The van der Waals surface area contributed by atoms with Crippen molar-refractivity contribution in [2.45, 2.75) is 20.8 Å². The van der Waals surface area contributed by atoms with Crippen molar-refractivity contribution in [3.8, 4) is 0 Å². The molecule has 1 nitrogen and oxygen atoms in total. The van der Waals surface area contributed by atoms with E-state index in [1.165, 1.54) is 5.75 Å². The first-order chi connectivity index (χ1) is 4.41. The van der Waals surface area contributed by atoms with Crippen molar-refractivity contribution in [3.63, 3.8) is 0 Å². The summed E-state index contributed by atoms with van der Waals surface area (Å²) in [6.45, 7) is 8.37. The maximum Gasteiger partial charge on any atom is 0.00553 e. The third-order valence-electron chi connectivity index (χ3n) is 0.733. The van der Waals surface area contributed by atoms with Crippen LogP contribution in [0, 0.1) is 0 Å². The molecule has 58 valence electrons. The second-order valence-corrected chi connectivity index (χ2v) is 2.33. The van der Waals surface area contributed by atoms with E-state index < -0.39 is 0 Å². The van der Waals surface area contributed by atoms with Crippen LogP contribution < -0.4 is 5.32 Å². The second-order valence-electron chi connectivity index (χ2n) is 1.35. The lowest BCUT2D eigenvalue weighted by atomic mass is 10.7. The fourth-order valence-corrected chi connectivity index (χ4v) is 0.699. The number of thioether (sulfide) groups is 1. The Hall–Kier alpha value is 0.310. The topological polar surface area (TPSA) is 12.0 Å². The van der Waals surface area contributed by atoms with Crippen LogP contribution in [0.15, 0.2) is 0 Å². The largest absolute Gasteiger partial charge is 0.316 e. The maximum atomic E-state index is 3.23. The van der Waals surface area contributed by atoms with Crippen LogP contribution in [0.3, 0.4) is 0 Å². The fraction of sp³-hybridized carbons (Fsp3) is 1.00. The summed E-state index contributed by atoms with van der Waals surface area (Å²) in [6, 6.07) is 0. The molecule has 0 radical (unpaired) electrons. The van der Waals surface area contributed by atoms with Crippen LogP contribution in [0.1, 0.15) is 20.8 Å². The molecule has 0 aliphatic rings. The Labute approximate surface area is 63.6 Å². The zero-order chi connectivity index (χ0) is 7.54. The molecular weight excluding hydrogens is 130 g/mol. The van der Waals surface area contributed by atoms with Crippen LogP contribution in [0.5, 0.6) is 0 Å². The van der Waals surface area contributed by atoms with Gasteiger partial charge in [0.05, 0.1) is 0 Å². The molecule has 0 aliphatic heterocycles. The summed E-state index contributed by atoms with van der Waals surface area (Å²) in [7, 11) is 0. The Kier molecular flexibility index (Phi) is 21.1. The van der Waals surface area contributed by atoms with Crippen molar-refractivity contribution in [1.82, 2.24) is 5.32 Å². The molecule has 0 bridgehead atoms. The smallest absolute Gasteiger partial charge is 0.00553 e. The van der Waals surface area contributed by atoms with Gasteiger partial charge in [0.2, 0.25) is 0 Å². The molecule has 0 aromatic carbocycles. The molecule has 0 aliphatic carbocycles. The van der Waals surface area contributed by atoms with Crippen molar-refractivity contribution in [2.75, 3.05) is 25.1 Å². The Bertz CT molecular complexity index is 28.1. The lowest BCUT2D eigenvalue weighted by Crippen LogP contribution is -2.15. The van der Waals surface area contributed by atoms with Gasteiger partial charge in [-0.05, 0) is 12.8 Å². The van der Waals surface area contributed by atoms with Crippen molar-refractivity contribution in [1.29, 1.82) is 0 Å².